The summed E-state index contributed by atoms with van der Waals surface area (Å²) < 4.78 is 5.33. The number of benzene rings is 2. The van der Waals surface area contributed by atoms with Crippen LogP contribution in [0, 0.1) is 0 Å². The highest BCUT2D eigenvalue weighted by atomic mass is 16.3. The Labute approximate surface area is 156 Å². The van der Waals surface area contributed by atoms with E-state index in [2.05, 4.69) is 20.3 Å². The van der Waals surface area contributed by atoms with Gasteiger partial charge in [0.2, 0.25) is 17.8 Å². The average molecular weight is 358 g/mol. The number of nitrogens with zero attached hydrogens (tertiary/aromatic N) is 4. The second kappa shape index (κ2) is 7.57. The summed E-state index contributed by atoms with van der Waals surface area (Å²) in [5, 5.41) is 3.12. The van der Waals surface area contributed by atoms with Crippen molar-refractivity contribution < 1.29 is 4.42 Å². The van der Waals surface area contributed by atoms with Gasteiger partial charge in [0.25, 0.3) is 0 Å². The molecule has 0 aliphatic carbocycles. The fraction of sp³-hybridized carbons (Fsp3) is 0.0500. The fourth-order valence-corrected chi connectivity index (χ4v) is 2.67. The highest BCUT2D eigenvalue weighted by molar-refractivity contribution is 5.73. The second-order valence-corrected chi connectivity index (χ2v) is 5.76. The third kappa shape index (κ3) is 3.87. The van der Waals surface area contributed by atoms with E-state index >= 15 is 0 Å². The SMILES string of the molecule is Nc1nc(NCc2ccco2)nc(N(c2ccccc2)c2ccccc2)n1. The Hall–Kier alpha value is -3.87. The van der Waals surface area contributed by atoms with Gasteiger partial charge in [-0.1, -0.05) is 36.4 Å². The van der Waals surface area contributed by atoms with Crippen molar-refractivity contribution in [2.75, 3.05) is 16.0 Å². The lowest BCUT2D eigenvalue weighted by molar-refractivity contribution is 0.517. The predicted molar refractivity (Wildman–Crippen MR) is 105 cm³/mol. The number of hydrogen-bond donors (Lipinski definition) is 2. The van der Waals surface area contributed by atoms with Gasteiger partial charge < -0.3 is 15.5 Å². The van der Waals surface area contributed by atoms with Crippen molar-refractivity contribution in [2.24, 2.45) is 0 Å². The Bertz CT molecular complexity index is 950. The zero-order chi connectivity index (χ0) is 18.5. The third-order valence-corrected chi connectivity index (χ3v) is 3.87. The number of aromatic nitrogens is 3. The van der Waals surface area contributed by atoms with Crippen molar-refractivity contribution in [3.8, 4) is 0 Å². The van der Waals surface area contributed by atoms with Crippen LogP contribution in [0.4, 0.5) is 29.2 Å². The molecule has 2 heterocycles. The van der Waals surface area contributed by atoms with E-state index in [0.717, 1.165) is 17.1 Å². The number of nitrogens with one attached hydrogen (secondary N) is 1. The largest absolute Gasteiger partial charge is 0.467 e. The summed E-state index contributed by atoms with van der Waals surface area (Å²) in [4.78, 5) is 15.0. The summed E-state index contributed by atoms with van der Waals surface area (Å²) >= 11 is 0. The van der Waals surface area contributed by atoms with Gasteiger partial charge in [0.05, 0.1) is 12.8 Å². The highest BCUT2D eigenvalue weighted by Gasteiger charge is 2.17. The molecule has 0 saturated carbocycles. The first-order valence-electron chi connectivity index (χ1n) is 8.47. The number of nitrogen functional groups attached to an aromatic ring is 1. The van der Waals surface area contributed by atoms with Gasteiger partial charge in [-0.3, -0.25) is 4.90 Å². The lowest BCUT2D eigenvalue weighted by Crippen LogP contribution is -2.16. The predicted octanol–water partition coefficient (Wildman–Crippen LogP) is 4.13. The first-order chi connectivity index (χ1) is 13.3. The van der Waals surface area contributed by atoms with Crippen LogP contribution in [0.15, 0.2) is 83.5 Å². The van der Waals surface area contributed by atoms with E-state index < -0.39 is 0 Å². The maximum absolute atomic E-state index is 5.95. The van der Waals surface area contributed by atoms with Crippen molar-refractivity contribution in [1.82, 2.24) is 15.0 Å². The topological polar surface area (TPSA) is 93.1 Å². The van der Waals surface area contributed by atoms with Gasteiger partial charge in [-0.2, -0.15) is 15.0 Å². The van der Waals surface area contributed by atoms with Gasteiger partial charge >= 0.3 is 0 Å². The zero-order valence-electron chi connectivity index (χ0n) is 14.5. The minimum Gasteiger partial charge on any atom is -0.467 e. The monoisotopic (exact) mass is 358 g/mol. The standard InChI is InChI=1S/C20H18N6O/c21-18-23-19(22-14-17-12-7-13-27-17)25-20(24-18)26(15-8-3-1-4-9-15)16-10-5-2-6-11-16/h1-13H,14H2,(H3,21,22,23,24,25). The van der Waals surface area contributed by atoms with Crippen LogP contribution in [0.25, 0.3) is 0 Å². The van der Waals surface area contributed by atoms with E-state index in [9.17, 15) is 0 Å². The van der Waals surface area contributed by atoms with Crippen molar-refractivity contribution in [2.45, 2.75) is 6.54 Å². The summed E-state index contributed by atoms with van der Waals surface area (Å²) in [6.07, 6.45) is 1.62. The van der Waals surface area contributed by atoms with Crippen molar-refractivity contribution in [3.63, 3.8) is 0 Å². The number of hydrogen-bond acceptors (Lipinski definition) is 7. The second-order valence-electron chi connectivity index (χ2n) is 5.76. The van der Waals surface area contributed by atoms with Crippen LogP contribution in [0.5, 0.6) is 0 Å². The molecule has 7 nitrogen and oxygen atoms in total. The van der Waals surface area contributed by atoms with Crippen LogP contribution in [0.1, 0.15) is 5.76 Å². The minimum atomic E-state index is 0.138. The molecule has 0 saturated heterocycles. The lowest BCUT2D eigenvalue weighted by atomic mass is 10.2. The van der Waals surface area contributed by atoms with Gasteiger partial charge in [0, 0.05) is 11.4 Å². The van der Waals surface area contributed by atoms with Crippen molar-refractivity contribution in [3.05, 3.63) is 84.8 Å². The van der Waals surface area contributed by atoms with Gasteiger partial charge in [-0.05, 0) is 36.4 Å². The molecule has 0 aliphatic rings. The maximum Gasteiger partial charge on any atom is 0.241 e. The number of furan rings is 1. The molecule has 4 aromatic rings. The summed E-state index contributed by atoms with van der Waals surface area (Å²) in [6, 6.07) is 23.4. The average Bonchev–Trinajstić information content (AvgIpc) is 3.22. The first-order valence-corrected chi connectivity index (χ1v) is 8.47. The van der Waals surface area contributed by atoms with Gasteiger partial charge in [-0.25, -0.2) is 0 Å². The smallest absolute Gasteiger partial charge is 0.241 e. The minimum absolute atomic E-state index is 0.138. The molecule has 134 valence electrons. The summed E-state index contributed by atoms with van der Waals surface area (Å²) in [7, 11) is 0. The normalized spacial score (nSPS) is 10.5. The van der Waals surface area contributed by atoms with E-state index in [0.29, 0.717) is 18.4 Å². The van der Waals surface area contributed by atoms with Crippen molar-refractivity contribution >= 4 is 29.2 Å². The van der Waals surface area contributed by atoms with Gasteiger partial charge in [0.1, 0.15) is 5.76 Å². The number of para-hydroxylation sites is 2. The van der Waals surface area contributed by atoms with Crippen molar-refractivity contribution in [1.29, 1.82) is 0 Å². The van der Waals surface area contributed by atoms with Gasteiger partial charge in [-0.15, -0.1) is 0 Å². The highest BCUT2D eigenvalue weighted by Crippen LogP contribution is 2.32. The Morgan fingerprint density at radius 2 is 1.48 bits per heavy atom. The Morgan fingerprint density at radius 3 is 2.07 bits per heavy atom. The van der Waals surface area contributed by atoms with E-state index in [1.54, 1.807) is 6.26 Å². The molecule has 0 atom stereocenters. The molecule has 0 amide bonds. The molecule has 0 bridgehead atoms. The van der Waals surface area contributed by atoms with Crippen LogP contribution >= 0.6 is 0 Å². The summed E-state index contributed by atoms with van der Waals surface area (Å²) in [5.74, 6) is 1.73. The maximum atomic E-state index is 5.95. The van der Waals surface area contributed by atoms with Crippen LogP contribution < -0.4 is 16.0 Å². The van der Waals surface area contributed by atoms with Crippen LogP contribution in [0.2, 0.25) is 0 Å². The fourth-order valence-electron chi connectivity index (χ4n) is 2.67. The Kier molecular flexibility index (Phi) is 4.65. The van der Waals surface area contributed by atoms with Crippen LogP contribution in [0.3, 0.4) is 0 Å². The summed E-state index contributed by atoms with van der Waals surface area (Å²) in [5.41, 5.74) is 7.79. The van der Waals surface area contributed by atoms with E-state index in [4.69, 9.17) is 10.2 Å². The first kappa shape index (κ1) is 16.6. The molecular formula is C20H18N6O. The molecule has 0 aliphatic heterocycles. The molecule has 0 radical (unpaired) electrons. The number of rotatable bonds is 6. The molecule has 0 unspecified atom stereocenters. The van der Waals surface area contributed by atoms with E-state index in [1.807, 2.05) is 77.7 Å². The molecule has 4 rings (SSSR count). The quantitative estimate of drug-likeness (QED) is 0.535. The Morgan fingerprint density at radius 1 is 0.815 bits per heavy atom. The molecule has 0 spiro atoms. The van der Waals surface area contributed by atoms with E-state index in [-0.39, 0.29) is 5.95 Å². The molecule has 2 aromatic heterocycles. The molecule has 7 heteroatoms. The Balaban J connectivity index is 1.71. The lowest BCUT2D eigenvalue weighted by Gasteiger charge is -2.23. The van der Waals surface area contributed by atoms with Crippen LogP contribution in [-0.4, -0.2) is 15.0 Å². The molecular weight excluding hydrogens is 340 g/mol. The third-order valence-electron chi connectivity index (χ3n) is 3.87. The van der Waals surface area contributed by atoms with Gasteiger partial charge in [0.15, 0.2) is 0 Å². The summed E-state index contributed by atoms with van der Waals surface area (Å²) in [6.45, 7) is 0.451. The van der Waals surface area contributed by atoms with Crippen LogP contribution in [-0.2, 0) is 6.54 Å². The number of nitrogens with two attached hydrogens (primary N) is 1. The molecule has 27 heavy (non-hydrogen) atoms. The molecule has 3 N–H and O–H groups in total. The molecule has 0 fully saturated rings. The zero-order valence-corrected chi connectivity index (χ0v) is 14.5. The number of anilines is 5. The molecule has 2 aromatic carbocycles. The van der Waals surface area contributed by atoms with E-state index in [1.165, 1.54) is 0 Å².